The summed E-state index contributed by atoms with van der Waals surface area (Å²) in [7, 11) is 0. The van der Waals surface area contributed by atoms with Crippen LogP contribution in [0.25, 0.3) is 0 Å². The molecule has 0 aliphatic carbocycles. The molecule has 0 aromatic heterocycles. The maximum Gasteiger partial charge on any atom is 0.0252 e. The Morgan fingerprint density at radius 1 is 1.27 bits per heavy atom. The predicted molar refractivity (Wildman–Crippen MR) is 67.6 cm³/mol. The Balaban J connectivity index is 2.68. The highest BCUT2D eigenvalue weighted by molar-refractivity contribution is 7.99. The molecule has 0 heterocycles. The maximum absolute atomic E-state index is 8.38. The van der Waals surface area contributed by atoms with Gasteiger partial charge in [0.15, 0.2) is 0 Å². The molecule has 2 heteroatoms. The van der Waals surface area contributed by atoms with Crippen LogP contribution in [0.2, 0.25) is 0 Å². The molecule has 15 heavy (non-hydrogen) atoms. The summed E-state index contributed by atoms with van der Waals surface area (Å²) < 4.78 is 0. The second kappa shape index (κ2) is 5.20. The van der Waals surface area contributed by atoms with Gasteiger partial charge in [0.05, 0.1) is 0 Å². The lowest BCUT2D eigenvalue weighted by atomic mass is 9.87. The van der Waals surface area contributed by atoms with Gasteiger partial charge in [0.2, 0.25) is 0 Å². The minimum atomic E-state index is 0.210. The van der Waals surface area contributed by atoms with Crippen molar-refractivity contribution in [2.45, 2.75) is 31.1 Å². The van der Waals surface area contributed by atoms with Crippen molar-refractivity contribution in [2.75, 3.05) is 5.75 Å². The van der Waals surface area contributed by atoms with E-state index in [9.17, 15) is 0 Å². The van der Waals surface area contributed by atoms with Gasteiger partial charge in [-0.2, -0.15) is 0 Å². The van der Waals surface area contributed by atoms with Crippen LogP contribution < -0.4 is 5.41 Å². The van der Waals surface area contributed by atoms with E-state index in [1.54, 1.807) is 17.8 Å². The van der Waals surface area contributed by atoms with Crippen LogP contribution in [0.1, 0.15) is 26.3 Å². The molecule has 1 radical (unpaired) electrons. The van der Waals surface area contributed by atoms with Crippen LogP contribution in [0, 0.1) is 0 Å². The molecule has 0 amide bonds. The molecule has 1 aromatic carbocycles. The molecule has 1 aromatic rings. The Kier molecular flexibility index (Phi) is 4.19. The first-order chi connectivity index (χ1) is 7.04. The summed E-state index contributed by atoms with van der Waals surface area (Å²) in [6, 6.07) is 8.57. The van der Waals surface area contributed by atoms with Crippen LogP contribution in [0.4, 0.5) is 0 Å². The quantitative estimate of drug-likeness (QED) is 0.564. The van der Waals surface area contributed by atoms with Gasteiger partial charge in [0, 0.05) is 16.5 Å². The standard InChI is InChI=1S/C13H16NS/c1-13(2,3)11-5-7-12(8-6-11)15-10-4-9-14/h4-8H,10H2,1-3H3. The van der Waals surface area contributed by atoms with E-state index in [1.165, 1.54) is 10.5 Å². The highest BCUT2D eigenvalue weighted by Crippen LogP contribution is 2.25. The number of hydrogen-bond donors (Lipinski definition) is 0. The fraction of sp³-hybridized carbons (Fsp3) is 0.385. The summed E-state index contributed by atoms with van der Waals surface area (Å²) in [5.41, 5.74) is 1.55. The second-order valence-corrected chi connectivity index (χ2v) is 5.51. The van der Waals surface area contributed by atoms with Crippen molar-refractivity contribution in [3.05, 3.63) is 35.9 Å². The Bertz CT molecular complexity index is 353. The minimum absolute atomic E-state index is 0.210. The number of hydrogen-bond acceptors (Lipinski definition) is 1. The van der Waals surface area contributed by atoms with Crippen LogP contribution in [0.5, 0.6) is 0 Å². The molecule has 1 rings (SSSR count). The van der Waals surface area contributed by atoms with Gasteiger partial charge >= 0.3 is 0 Å². The number of benzene rings is 1. The van der Waals surface area contributed by atoms with Crippen LogP contribution >= 0.6 is 11.8 Å². The van der Waals surface area contributed by atoms with Crippen LogP contribution in [-0.2, 0) is 5.41 Å². The van der Waals surface area contributed by atoms with E-state index in [4.69, 9.17) is 5.41 Å². The van der Waals surface area contributed by atoms with Crippen molar-refractivity contribution in [1.29, 1.82) is 0 Å². The first-order valence-corrected chi connectivity index (χ1v) is 5.97. The van der Waals surface area contributed by atoms with E-state index in [1.807, 2.05) is 5.87 Å². The van der Waals surface area contributed by atoms with Gasteiger partial charge in [0.25, 0.3) is 0 Å². The zero-order valence-electron chi connectivity index (χ0n) is 9.45. The normalized spacial score (nSPS) is 10.9. The molecular formula is C13H16NS. The zero-order chi connectivity index (χ0) is 11.3. The van der Waals surface area contributed by atoms with Gasteiger partial charge in [-0.15, -0.1) is 11.8 Å². The summed E-state index contributed by atoms with van der Waals surface area (Å²) in [6.45, 7) is 6.62. The summed E-state index contributed by atoms with van der Waals surface area (Å²) >= 11 is 1.69. The van der Waals surface area contributed by atoms with Gasteiger partial charge in [-0.1, -0.05) is 38.3 Å². The van der Waals surface area contributed by atoms with Crippen LogP contribution in [0.3, 0.4) is 0 Å². The lowest BCUT2D eigenvalue weighted by Gasteiger charge is -2.18. The molecule has 79 valence electrons. The lowest BCUT2D eigenvalue weighted by Crippen LogP contribution is -2.10. The Morgan fingerprint density at radius 2 is 1.87 bits per heavy atom. The van der Waals surface area contributed by atoms with Crippen LogP contribution in [0.15, 0.2) is 35.2 Å². The van der Waals surface area contributed by atoms with Crippen molar-refractivity contribution in [3.63, 3.8) is 0 Å². The molecule has 0 fully saturated rings. The molecular weight excluding hydrogens is 202 g/mol. The number of nitrogens with zero attached hydrogens (tertiary/aromatic N) is 1. The SMILES string of the molecule is CC(C)(C)c1ccc(SCC=C=[N])cc1. The zero-order valence-corrected chi connectivity index (χ0v) is 10.3. The van der Waals surface area contributed by atoms with Crippen molar-refractivity contribution in [2.24, 2.45) is 0 Å². The first-order valence-electron chi connectivity index (χ1n) is 4.98. The number of thioether (sulfide) groups is 1. The molecule has 0 bridgehead atoms. The molecule has 0 N–H and O–H groups in total. The van der Waals surface area contributed by atoms with Crippen molar-refractivity contribution >= 4 is 17.6 Å². The second-order valence-electron chi connectivity index (χ2n) is 4.42. The third kappa shape index (κ3) is 3.94. The number of rotatable bonds is 3. The maximum atomic E-state index is 8.38. The smallest absolute Gasteiger partial charge is 0.0252 e. The van der Waals surface area contributed by atoms with E-state index in [2.05, 4.69) is 45.0 Å². The summed E-state index contributed by atoms with van der Waals surface area (Å²) in [4.78, 5) is 1.22. The molecule has 0 aliphatic rings. The van der Waals surface area contributed by atoms with E-state index < -0.39 is 0 Å². The summed E-state index contributed by atoms with van der Waals surface area (Å²) in [5, 5.41) is 8.38. The lowest BCUT2D eigenvalue weighted by molar-refractivity contribution is 0.590. The topological polar surface area (TPSA) is 22.3 Å². The van der Waals surface area contributed by atoms with E-state index in [0.29, 0.717) is 0 Å². The monoisotopic (exact) mass is 218 g/mol. The van der Waals surface area contributed by atoms with Gasteiger partial charge in [-0.05, 0) is 29.2 Å². The summed E-state index contributed by atoms with van der Waals surface area (Å²) in [5.74, 6) is 2.78. The van der Waals surface area contributed by atoms with Gasteiger partial charge in [0.1, 0.15) is 0 Å². The van der Waals surface area contributed by atoms with E-state index in [-0.39, 0.29) is 5.41 Å². The molecule has 0 spiro atoms. The molecule has 0 unspecified atom stereocenters. The molecule has 0 saturated carbocycles. The minimum Gasteiger partial charge on any atom is -0.121 e. The highest BCUT2D eigenvalue weighted by atomic mass is 32.2. The summed E-state index contributed by atoms with van der Waals surface area (Å²) in [6.07, 6.45) is 1.61. The Labute approximate surface area is 96.1 Å². The van der Waals surface area contributed by atoms with Crippen LogP contribution in [-0.4, -0.2) is 11.6 Å². The average molecular weight is 218 g/mol. The Hall–Kier alpha value is -0.980. The van der Waals surface area contributed by atoms with Gasteiger partial charge in [-0.25, -0.2) is 0 Å². The highest BCUT2D eigenvalue weighted by Gasteiger charge is 2.12. The predicted octanol–water partition coefficient (Wildman–Crippen LogP) is 3.10. The molecule has 1 nitrogen and oxygen atoms in total. The van der Waals surface area contributed by atoms with E-state index in [0.717, 1.165) is 5.75 Å². The third-order valence-electron chi connectivity index (χ3n) is 2.14. The fourth-order valence-electron chi connectivity index (χ4n) is 1.23. The molecule has 0 aliphatic heterocycles. The third-order valence-corrected chi connectivity index (χ3v) is 3.08. The fourth-order valence-corrected chi connectivity index (χ4v) is 1.91. The molecule has 0 saturated heterocycles. The van der Waals surface area contributed by atoms with Crippen molar-refractivity contribution < 1.29 is 0 Å². The first kappa shape index (κ1) is 12.1. The van der Waals surface area contributed by atoms with Gasteiger partial charge < -0.3 is 0 Å². The largest absolute Gasteiger partial charge is 0.121 e. The molecule has 0 atom stereocenters. The van der Waals surface area contributed by atoms with Crippen molar-refractivity contribution in [3.8, 4) is 0 Å². The Morgan fingerprint density at radius 3 is 2.33 bits per heavy atom. The van der Waals surface area contributed by atoms with E-state index >= 15 is 0 Å². The van der Waals surface area contributed by atoms with Crippen molar-refractivity contribution in [1.82, 2.24) is 5.41 Å². The average Bonchev–Trinajstić information content (AvgIpc) is 2.18. The van der Waals surface area contributed by atoms with Gasteiger partial charge in [-0.3, -0.25) is 0 Å².